The van der Waals surface area contributed by atoms with E-state index >= 15 is 0 Å². The van der Waals surface area contributed by atoms with Crippen molar-refractivity contribution in [3.63, 3.8) is 0 Å². The standard InChI is InChI=1S/C14H22N2O/c1-11-3-2-4-12(9-11)10-14(16-15)13-5-7-17-8-6-13/h2-4,9,13-14,16H,5-8,10,15H2,1H3. The fourth-order valence-electron chi connectivity index (χ4n) is 2.57. The number of nitrogens with two attached hydrogens (primary N) is 1. The summed E-state index contributed by atoms with van der Waals surface area (Å²) < 4.78 is 5.40. The zero-order valence-corrected chi connectivity index (χ0v) is 10.5. The van der Waals surface area contributed by atoms with Gasteiger partial charge in [-0.2, -0.15) is 0 Å². The zero-order chi connectivity index (χ0) is 12.1. The molecule has 0 spiro atoms. The van der Waals surface area contributed by atoms with Crippen molar-refractivity contribution in [1.29, 1.82) is 0 Å². The molecular formula is C14H22N2O. The van der Waals surface area contributed by atoms with Crippen molar-refractivity contribution < 1.29 is 4.74 Å². The highest BCUT2D eigenvalue weighted by atomic mass is 16.5. The molecule has 3 nitrogen and oxygen atoms in total. The van der Waals surface area contributed by atoms with Crippen LogP contribution < -0.4 is 11.3 Å². The van der Waals surface area contributed by atoms with E-state index in [1.165, 1.54) is 11.1 Å². The monoisotopic (exact) mass is 234 g/mol. The number of hydrogen-bond acceptors (Lipinski definition) is 3. The van der Waals surface area contributed by atoms with Crippen LogP contribution in [0, 0.1) is 12.8 Å². The highest BCUT2D eigenvalue weighted by molar-refractivity contribution is 5.23. The van der Waals surface area contributed by atoms with Gasteiger partial charge in [0.1, 0.15) is 0 Å². The molecule has 3 N–H and O–H groups in total. The van der Waals surface area contributed by atoms with Gasteiger partial charge >= 0.3 is 0 Å². The van der Waals surface area contributed by atoms with Crippen LogP contribution in [0.3, 0.4) is 0 Å². The molecule has 1 aliphatic rings. The molecule has 17 heavy (non-hydrogen) atoms. The summed E-state index contributed by atoms with van der Waals surface area (Å²) in [6, 6.07) is 9.02. The minimum atomic E-state index is 0.362. The van der Waals surface area contributed by atoms with Gasteiger partial charge in [0.2, 0.25) is 0 Å². The number of nitrogens with one attached hydrogen (secondary N) is 1. The van der Waals surface area contributed by atoms with Crippen molar-refractivity contribution in [3.8, 4) is 0 Å². The van der Waals surface area contributed by atoms with Crippen LogP contribution in [0.5, 0.6) is 0 Å². The Labute approximate surface area is 103 Å². The van der Waals surface area contributed by atoms with Gasteiger partial charge in [0.05, 0.1) is 0 Å². The maximum atomic E-state index is 5.70. The van der Waals surface area contributed by atoms with Crippen LogP contribution in [-0.2, 0) is 11.2 Å². The van der Waals surface area contributed by atoms with Gasteiger partial charge in [-0.3, -0.25) is 11.3 Å². The highest BCUT2D eigenvalue weighted by Crippen LogP contribution is 2.21. The maximum Gasteiger partial charge on any atom is 0.0469 e. The average Bonchev–Trinajstić information content (AvgIpc) is 2.37. The fourth-order valence-corrected chi connectivity index (χ4v) is 2.57. The van der Waals surface area contributed by atoms with Crippen LogP contribution in [0.1, 0.15) is 24.0 Å². The molecule has 1 atom stereocenters. The van der Waals surface area contributed by atoms with Gasteiger partial charge in [0.15, 0.2) is 0 Å². The van der Waals surface area contributed by atoms with Crippen molar-refractivity contribution in [3.05, 3.63) is 35.4 Å². The smallest absolute Gasteiger partial charge is 0.0469 e. The second-order valence-corrected chi connectivity index (χ2v) is 4.92. The molecule has 0 aliphatic carbocycles. The minimum absolute atomic E-state index is 0.362. The van der Waals surface area contributed by atoms with Gasteiger partial charge in [-0.25, -0.2) is 0 Å². The summed E-state index contributed by atoms with van der Waals surface area (Å²) in [5.41, 5.74) is 5.66. The Bertz CT molecular complexity index is 348. The van der Waals surface area contributed by atoms with E-state index in [4.69, 9.17) is 10.6 Å². The van der Waals surface area contributed by atoms with Crippen molar-refractivity contribution in [1.82, 2.24) is 5.43 Å². The summed E-state index contributed by atoms with van der Waals surface area (Å²) in [6.45, 7) is 3.87. The molecule has 1 fully saturated rings. The summed E-state index contributed by atoms with van der Waals surface area (Å²) in [5.74, 6) is 6.33. The van der Waals surface area contributed by atoms with Crippen LogP contribution >= 0.6 is 0 Å². The van der Waals surface area contributed by atoms with Crippen LogP contribution in [0.15, 0.2) is 24.3 Å². The molecule has 0 saturated carbocycles. The molecule has 0 radical (unpaired) electrons. The van der Waals surface area contributed by atoms with Gasteiger partial charge in [0, 0.05) is 19.3 Å². The number of ether oxygens (including phenoxy) is 1. The normalized spacial score (nSPS) is 19.2. The quantitative estimate of drug-likeness (QED) is 0.617. The summed E-state index contributed by atoms with van der Waals surface area (Å²) in [7, 11) is 0. The lowest BCUT2D eigenvalue weighted by Crippen LogP contribution is -2.44. The number of rotatable bonds is 4. The molecular weight excluding hydrogens is 212 g/mol. The Morgan fingerprint density at radius 3 is 2.82 bits per heavy atom. The minimum Gasteiger partial charge on any atom is -0.381 e. The van der Waals surface area contributed by atoms with E-state index in [2.05, 4.69) is 36.6 Å². The summed E-state index contributed by atoms with van der Waals surface area (Å²) in [6.07, 6.45) is 3.23. The largest absolute Gasteiger partial charge is 0.381 e. The van der Waals surface area contributed by atoms with Crippen molar-refractivity contribution >= 4 is 0 Å². The zero-order valence-electron chi connectivity index (χ0n) is 10.5. The molecule has 1 aromatic rings. The first-order valence-electron chi connectivity index (χ1n) is 6.39. The first kappa shape index (κ1) is 12.6. The van der Waals surface area contributed by atoms with Gasteiger partial charge in [0.25, 0.3) is 0 Å². The second kappa shape index (κ2) is 6.15. The lowest BCUT2D eigenvalue weighted by Gasteiger charge is -2.30. The third-order valence-electron chi connectivity index (χ3n) is 3.59. The van der Waals surface area contributed by atoms with Crippen molar-refractivity contribution in [2.24, 2.45) is 11.8 Å². The topological polar surface area (TPSA) is 47.3 Å². The second-order valence-electron chi connectivity index (χ2n) is 4.92. The summed E-state index contributed by atoms with van der Waals surface area (Å²) >= 11 is 0. The molecule has 0 amide bonds. The molecule has 1 aliphatic heterocycles. The fraction of sp³-hybridized carbons (Fsp3) is 0.571. The molecule has 3 heteroatoms. The predicted molar refractivity (Wildman–Crippen MR) is 69.5 cm³/mol. The van der Waals surface area contributed by atoms with E-state index < -0.39 is 0 Å². The molecule has 0 bridgehead atoms. The first-order chi connectivity index (χ1) is 8.29. The molecule has 1 aromatic carbocycles. The van der Waals surface area contributed by atoms with Crippen LogP contribution in [0.25, 0.3) is 0 Å². The van der Waals surface area contributed by atoms with Crippen LogP contribution in [0.2, 0.25) is 0 Å². The van der Waals surface area contributed by atoms with Crippen molar-refractivity contribution in [2.45, 2.75) is 32.2 Å². The Morgan fingerprint density at radius 1 is 1.41 bits per heavy atom. The number of hydrogen-bond donors (Lipinski definition) is 2. The SMILES string of the molecule is Cc1cccc(CC(NN)C2CCOCC2)c1. The number of aryl methyl sites for hydroxylation is 1. The lowest BCUT2D eigenvalue weighted by molar-refractivity contribution is 0.0538. The Kier molecular flexibility index (Phi) is 4.54. The van der Waals surface area contributed by atoms with E-state index in [1.807, 2.05) is 0 Å². The Morgan fingerprint density at radius 2 is 2.18 bits per heavy atom. The molecule has 94 valence electrons. The van der Waals surface area contributed by atoms with Gasteiger partial charge in [-0.1, -0.05) is 29.8 Å². The van der Waals surface area contributed by atoms with Crippen LogP contribution in [-0.4, -0.2) is 19.3 Å². The van der Waals surface area contributed by atoms with E-state index in [-0.39, 0.29) is 0 Å². The molecule has 1 saturated heterocycles. The highest BCUT2D eigenvalue weighted by Gasteiger charge is 2.23. The lowest BCUT2D eigenvalue weighted by atomic mass is 9.88. The van der Waals surface area contributed by atoms with Crippen molar-refractivity contribution in [2.75, 3.05) is 13.2 Å². The maximum absolute atomic E-state index is 5.70. The Balaban J connectivity index is 1.98. The number of hydrazine groups is 1. The summed E-state index contributed by atoms with van der Waals surface area (Å²) in [5, 5.41) is 0. The van der Waals surface area contributed by atoms with E-state index in [9.17, 15) is 0 Å². The van der Waals surface area contributed by atoms with Gasteiger partial charge < -0.3 is 4.74 Å². The third kappa shape index (κ3) is 3.53. The Hall–Kier alpha value is -0.900. The van der Waals surface area contributed by atoms with Crippen LogP contribution in [0.4, 0.5) is 0 Å². The molecule has 2 rings (SSSR count). The molecule has 1 unspecified atom stereocenters. The third-order valence-corrected chi connectivity index (χ3v) is 3.59. The van der Waals surface area contributed by atoms with E-state index in [0.29, 0.717) is 12.0 Å². The average molecular weight is 234 g/mol. The molecule has 0 aromatic heterocycles. The van der Waals surface area contributed by atoms with E-state index in [1.54, 1.807) is 0 Å². The van der Waals surface area contributed by atoms with E-state index in [0.717, 1.165) is 32.5 Å². The summed E-state index contributed by atoms with van der Waals surface area (Å²) in [4.78, 5) is 0. The number of benzene rings is 1. The first-order valence-corrected chi connectivity index (χ1v) is 6.39. The molecule has 1 heterocycles. The van der Waals surface area contributed by atoms with Gasteiger partial charge in [-0.05, 0) is 37.7 Å². The predicted octanol–water partition coefficient (Wildman–Crippen LogP) is 1.80. The van der Waals surface area contributed by atoms with Gasteiger partial charge in [-0.15, -0.1) is 0 Å².